The third kappa shape index (κ3) is 4.22. The lowest BCUT2D eigenvalue weighted by molar-refractivity contribution is 0.0785. The summed E-state index contributed by atoms with van der Waals surface area (Å²) in [7, 11) is 0. The van der Waals surface area contributed by atoms with Gasteiger partial charge in [-0.05, 0) is 52.2 Å². The lowest BCUT2D eigenvalue weighted by Gasteiger charge is -2.20. The van der Waals surface area contributed by atoms with E-state index < -0.39 is 0 Å². The van der Waals surface area contributed by atoms with E-state index in [0.29, 0.717) is 61.6 Å². The Morgan fingerprint density at radius 2 is 1.70 bits per heavy atom. The van der Waals surface area contributed by atoms with Gasteiger partial charge in [0.25, 0.3) is 5.91 Å². The first kappa shape index (κ1) is 20.5. The van der Waals surface area contributed by atoms with E-state index in [1.54, 1.807) is 12.1 Å². The second kappa shape index (κ2) is 8.93. The Balaban J connectivity index is 1.53. The summed E-state index contributed by atoms with van der Waals surface area (Å²) in [5, 5.41) is 8.61. The second-order valence-electron chi connectivity index (χ2n) is 7.69. The number of carbonyl (C=O) groups is 1. The van der Waals surface area contributed by atoms with Crippen molar-refractivity contribution in [2.45, 2.75) is 52.0 Å². The Morgan fingerprint density at radius 3 is 2.30 bits per heavy atom. The Morgan fingerprint density at radius 1 is 1.03 bits per heavy atom. The molecule has 1 aromatic heterocycles. The summed E-state index contributed by atoms with van der Waals surface area (Å²) in [4.78, 5) is 15.1. The van der Waals surface area contributed by atoms with E-state index >= 15 is 0 Å². The SMILES string of the molecule is CCOc1cc(C(=O)N2CCC(n3cc(C4CC4)nn3)C2)cc(OCC)c1OCC. The molecule has 1 aliphatic carbocycles. The number of aromatic nitrogens is 3. The predicted octanol–water partition coefficient (Wildman–Crippen LogP) is 3.44. The van der Waals surface area contributed by atoms with Crippen molar-refractivity contribution in [1.82, 2.24) is 19.9 Å². The highest BCUT2D eigenvalue weighted by Gasteiger charge is 2.32. The van der Waals surface area contributed by atoms with Gasteiger partial charge in [-0.3, -0.25) is 4.79 Å². The molecular formula is C22H30N4O4. The average molecular weight is 415 g/mol. The number of carbonyl (C=O) groups excluding carboxylic acids is 1. The van der Waals surface area contributed by atoms with Gasteiger partial charge in [0.05, 0.1) is 31.6 Å². The van der Waals surface area contributed by atoms with Crippen LogP contribution in [0.1, 0.15) is 68.0 Å². The summed E-state index contributed by atoms with van der Waals surface area (Å²) >= 11 is 0. The smallest absolute Gasteiger partial charge is 0.254 e. The van der Waals surface area contributed by atoms with E-state index in [-0.39, 0.29) is 11.9 Å². The standard InChI is InChI=1S/C22H30N4O4/c1-4-28-19-11-16(12-20(29-5-2)21(19)30-6-3)22(27)25-10-9-17(13-25)26-14-18(23-24-26)15-7-8-15/h11-12,14-15,17H,4-10,13H2,1-3H3. The van der Waals surface area contributed by atoms with Gasteiger partial charge in [0.15, 0.2) is 11.5 Å². The molecule has 8 heteroatoms. The molecule has 2 fully saturated rings. The number of ether oxygens (including phenoxy) is 3. The first-order chi connectivity index (χ1) is 14.6. The molecule has 1 atom stereocenters. The zero-order chi connectivity index (χ0) is 21.1. The van der Waals surface area contributed by atoms with Gasteiger partial charge in [-0.1, -0.05) is 5.21 Å². The van der Waals surface area contributed by atoms with E-state index in [1.165, 1.54) is 12.8 Å². The highest BCUT2D eigenvalue weighted by atomic mass is 16.5. The lowest BCUT2D eigenvalue weighted by Crippen LogP contribution is -2.29. The third-order valence-electron chi connectivity index (χ3n) is 5.50. The molecule has 1 aliphatic heterocycles. The van der Waals surface area contributed by atoms with Gasteiger partial charge in [0.1, 0.15) is 0 Å². The van der Waals surface area contributed by atoms with Crippen LogP contribution in [0.2, 0.25) is 0 Å². The number of rotatable bonds is 9. The molecule has 1 aromatic carbocycles. The van der Waals surface area contributed by atoms with Crippen molar-refractivity contribution in [3.05, 3.63) is 29.6 Å². The van der Waals surface area contributed by atoms with Crippen LogP contribution < -0.4 is 14.2 Å². The van der Waals surface area contributed by atoms with Crippen molar-refractivity contribution >= 4 is 5.91 Å². The maximum Gasteiger partial charge on any atom is 0.254 e. The lowest BCUT2D eigenvalue weighted by atomic mass is 10.1. The molecule has 2 heterocycles. The van der Waals surface area contributed by atoms with Crippen molar-refractivity contribution in [2.24, 2.45) is 0 Å². The normalized spacial score (nSPS) is 18.5. The summed E-state index contributed by atoms with van der Waals surface area (Å²) < 4.78 is 19.2. The molecule has 0 radical (unpaired) electrons. The maximum atomic E-state index is 13.3. The van der Waals surface area contributed by atoms with Crippen LogP contribution in [0.4, 0.5) is 0 Å². The molecule has 1 amide bonds. The monoisotopic (exact) mass is 414 g/mol. The molecule has 2 aliphatic rings. The molecule has 0 N–H and O–H groups in total. The largest absolute Gasteiger partial charge is 0.490 e. The number of nitrogens with zero attached hydrogens (tertiary/aromatic N) is 4. The van der Waals surface area contributed by atoms with E-state index in [1.807, 2.05) is 36.5 Å². The summed E-state index contributed by atoms with van der Waals surface area (Å²) in [6.45, 7) is 8.47. The van der Waals surface area contributed by atoms with Gasteiger partial charge in [-0.25, -0.2) is 4.68 Å². The van der Waals surface area contributed by atoms with Crippen LogP contribution in [0.25, 0.3) is 0 Å². The van der Waals surface area contributed by atoms with Crippen LogP contribution in [-0.2, 0) is 0 Å². The van der Waals surface area contributed by atoms with Crippen molar-refractivity contribution in [2.75, 3.05) is 32.9 Å². The second-order valence-corrected chi connectivity index (χ2v) is 7.69. The summed E-state index contributed by atoms with van der Waals surface area (Å²) in [6, 6.07) is 3.68. The molecule has 2 aromatic rings. The molecule has 1 saturated carbocycles. The van der Waals surface area contributed by atoms with Gasteiger partial charge < -0.3 is 19.1 Å². The summed E-state index contributed by atoms with van der Waals surface area (Å²) in [5.74, 6) is 2.16. The minimum atomic E-state index is -0.0370. The summed E-state index contributed by atoms with van der Waals surface area (Å²) in [6.07, 6.45) is 5.33. The third-order valence-corrected chi connectivity index (χ3v) is 5.50. The maximum absolute atomic E-state index is 13.3. The first-order valence-electron chi connectivity index (χ1n) is 10.9. The fourth-order valence-electron chi connectivity index (χ4n) is 3.87. The van der Waals surface area contributed by atoms with Crippen LogP contribution in [0, 0.1) is 0 Å². The Kier molecular flexibility index (Phi) is 6.11. The van der Waals surface area contributed by atoms with E-state index in [4.69, 9.17) is 14.2 Å². The minimum absolute atomic E-state index is 0.0370. The Hall–Kier alpha value is -2.77. The van der Waals surface area contributed by atoms with Gasteiger partial charge >= 0.3 is 0 Å². The highest BCUT2D eigenvalue weighted by Crippen LogP contribution is 2.40. The van der Waals surface area contributed by atoms with Gasteiger partial charge in [0, 0.05) is 30.8 Å². The van der Waals surface area contributed by atoms with Gasteiger partial charge in [-0.2, -0.15) is 0 Å². The molecule has 162 valence electrons. The topological polar surface area (TPSA) is 78.7 Å². The van der Waals surface area contributed by atoms with Crippen LogP contribution in [-0.4, -0.2) is 58.7 Å². The molecule has 4 rings (SSSR count). The van der Waals surface area contributed by atoms with Crippen molar-refractivity contribution in [3.8, 4) is 17.2 Å². The number of amides is 1. The summed E-state index contributed by atoms with van der Waals surface area (Å²) in [5.41, 5.74) is 1.62. The van der Waals surface area contributed by atoms with Crippen LogP contribution in [0.3, 0.4) is 0 Å². The highest BCUT2D eigenvalue weighted by molar-refractivity contribution is 5.95. The van der Waals surface area contributed by atoms with Crippen molar-refractivity contribution < 1.29 is 19.0 Å². The predicted molar refractivity (Wildman–Crippen MR) is 112 cm³/mol. The van der Waals surface area contributed by atoms with Gasteiger partial charge in [0.2, 0.25) is 5.75 Å². The zero-order valence-electron chi connectivity index (χ0n) is 18.0. The Bertz CT molecular complexity index is 866. The molecule has 30 heavy (non-hydrogen) atoms. The number of hydrogen-bond donors (Lipinski definition) is 0. The van der Waals surface area contributed by atoms with Crippen LogP contribution >= 0.6 is 0 Å². The quantitative estimate of drug-likeness (QED) is 0.625. The van der Waals surface area contributed by atoms with Crippen molar-refractivity contribution in [3.63, 3.8) is 0 Å². The van der Waals surface area contributed by atoms with E-state index in [2.05, 4.69) is 10.3 Å². The fourth-order valence-corrected chi connectivity index (χ4v) is 3.87. The van der Waals surface area contributed by atoms with Crippen LogP contribution in [0.15, 0.2) is 18.3 Å². The molecule has 1 unspecified atom stereocenters. The molecule has 0 bridgehead atoms. The Labute approximate surface area is 177 Å². The first-order valence-corrected chi connectivity index (χ1v) is 10.9. The van der Waals surface area contributed by atoms with E-state index in [0.717, 1.165) is 12.1 Å². The molecule has 0 spiro atoms. The molecular weight excluding hydrogens is 384 g/mol. The number of hydrogen-bond acceptors (Lipinski definition) is 6. The molecule has 8 nitrogen and oxygen atoms in total. The van der Waals surface area contributed by atoms with Crippen LogP contribution in [0.5, 0.6) is 17.2 Å². The van der Waals surface area contributed by atoms with Gasteiger partial charge in [-0.15, -0.1) is 5.10 Å². The average Bonchev–Trinajstić information content (AvgIpc) is 3.27. The van der Waals surface area contributed by atoms with E-state index in [9.17, 15) is 4.79 Å². The molecule has 1 saturated heterocycles. The fraction of sp³-hybridized carbons (Fsp3) is 0.591. The van der Waals surface area contributed by atoms with Crippen molar-refractivity contribution in [1.29, 1.82) is 0 Å². The number of benzene rings is 1. The zero-order valence-corrected chi connectivity index (χ0v) is 18.0. The minimum Gasteiger partial charge on any atom is -0.490 e. The number of likely N-dealkylation sites (tertiary alicyclic amines) is 1.